The number of anilines is 2. The third kappa shape index (κ3) is 4.15. The normalized spacial score (nSPS) is 10.7. The first-order valence-corrected chi connectivity index (χ1v) is 8.64. The number of aromatic nitrogens is 6. The molecule has 0 radical (unpaired) electrons. The molecular weight excluding hydrogens is 380 g/mol. The number of nitrogens with zero attached hydrogens (tertiary/aromatic N) is 6. The summed E-state index contributed by atoms with van der Waals surface area (Å²) in [6, 6.07) is 1.35. The first-order valence-electron chi connectivity index (χ1n) is 8.64. The van der Waals surface area contributed by atoms with Gasteiger partial charge < -0.3 is 15.7 Å². The maximum atomic E-state index is 12.7. The number of hydrogen-bond donors (Lipinski definition) is 3. The predicted octanol–water partition coefficient (Wildman–Crippen LogP) is 0.638. The van der Waals surface area contributed by atoms with Gasteiger partial charge in [-0.3, -0.25) is 23.6 Å². The quantitative estimate of drug-likeness (QED) is 0.527. The van der Waals surface area contributed by atoms with Gasteiger partial charge in [0.25, 0.3) is 5.91 Å². The number of carboxylic acids is 1. The fourth-order valence-corrected chi connectivity index (χ4v) is 2.71. The maximum absolute atomic E-state index is 12.7. The van der Waals surface area contributed by atoms with Crippen LogP contribution in [0.5, 0.6) is 0 Å². The highest BCUT2D eigenvalue weighted by molar-refractivity contribution is 6.09. The van der Waals surface area contributed by atoms with E-state index in [1.165, 1.54) is 34.0 Å². The summed E-state index contributed by atoms with van der Waals surface area (Å²) in [5.41, 5.74) is 1.74. The fourth-order valence-electron chi connectivity index (χ4n) is 2.71. The minimum Gasteiger partial charge on any atom is -0.477 e. The SMILES string of the molecule is Cc1c(NC(=O)c2c(NC(=O)CCn3nccc3C(=O)O)cnn2C)cnn1C. The van der Waals surface area contributed by atoms with E-state index in [0.717, 1.165) is 5.69 Å². The first-order chi connectivity index (χ1) is 13.8. The molecule has 0 aliphatic carbocycles. The van der Waals surface area contributed by atoms with Crippen molar-refractivity contribution in [2.75, 3.05) is 10.6 Å². The van der Waals surface area contributed by atoms with Crippen LogP contribution in [0.4, 0.5) is 11.4 Å². The summed E-state index contributed by atoms with van der Waals surface area (Å²) in [4.78, 5) is 36.1. The van der Waals surface area contributed by atoms with Gasteiger partial charge in [0.05, 0.1) is 36.0 Å². The lowest BCUT2D eigenvalue weighted by molar-refractivity contribution is -0.116. The molecule has 0 aliphatic heterocycles. The van der Waals surface area contributed by atoms with Gasteiger partial charge in [-0.25, -0.2) is 4.79 Å². The van der Waals surface area contributed by atoms with Gasteiger partial charge in [-0.2, -0.15) is 15.3 Å². The van der Waals surface area contributed by atoms with Crippen LogP contribution in [-0.2, 0) is 25.4 Å². The van der Waals surface area contributed by atoms with E-state index in [-0.39, 0.29) is 30.0 Å². The van der Waals surface area contributed by atoms with Crippen LogP contribution in [0.2, 0.25) is 0 Å². The monoisotopic (exact) mass is 400 g/mol. The summed E-state index contributed by atoms with van der Waals surface area (Å²) < 4.78 is 4.21. The van der Waals surface area contributed by atoms with Crippen molar-refractivity contribution in [2.45, 2.75) is 19.9 Å². The molecule has 3 N–H and O–H groups in total. The van der Waals surface area contributed by atoms with E-state index in [2.05, 4.69) is 25.9 Å². The number of aryl methyl sites for hydroxylation is 3. The Bertz CT molecular complexity index is 1080. The number of nitrogens with one attached hydrogen (secondary N) is 2. The zero-order valence-corrected chi connectivity index (χ0v) is 16.1. The number of aromatic carboxylic acids is 1. The highest BCUT2D eigenvalue weighted by Gasteiger charge is 2.20. The molecule has 3 aromatic heterocycles. The summed E-state index contributed by atoms with van der Waals surface area (Å²) in [6.07, 6.45) is 4.23. The molecule has 0 bridgehead atoms. The second kappa shape index (κ2) is 7.96. The molecule has 3 aromatic rings. The highest BCUT2D eigenvalue weighted by atomic mass is 16.4. The molecule has 0 atom stereocenters. The van der Waals surface area contributed by atoms with Crippen LogP contribution < -0.4 is 10.6 Å². The van der Waals surface area contributed by atoms with Crippen LogP contribution >= 0.6 is 0 Å². The molecule has 0 unspecified atom stereocenters. The molecule has 0 saturated carbocycles. The molecule has 0 spiro atoms. The Hall–Kier alpha value is -3.96. The van der Waals surface area contributed by atoms with Gasteiger partial charge in [-0.15, -0.1) is 0 Å². The molecule has 3 heterocycles. The minimum absolute atomic E-state index is 0.00825. The first kappa shape index (κ1) is 19.8. The van der Waals surface area contributed by atoms with Crippen LogP contribution in [0, 0.1) is 6.92 Å². The molecule has 12 nitrogen and oxygen atoms in total. The summed E-state index contributed by atoms with van der Waals surface area (Å²) >= 11 is 0. The van der Waals surface area contributed by atoms with E-state index in [4.69, 9.17) is 5.11 Å². The summed E-state index contributed by atoms with van der Waals surface area (Å²) in [5.74, 6) is -1.98. The smallest absolute Gasteiger partial charge is 0.354 e. The second-order valence-corrected chi connectivity index (χ2v) is 6.29. The van der Waals surface area contributed by atoms with Gasteiger partial charge in [-0.1, -0.05) is 0 Å². The van der Waals surface area contributed by atoms with Crippen molar-refractivity contribution >= 4 is 29.2 Å². The average molecular weight is 400 g/mol. The number of carbonyl (C=O) groups excluding carboxylic acids is 2. The third-order valence-electron chi connectivity index (χ3n) is 4.40. The number of carbonyl (C=O) groups is 3. The summed E-state index contributed by atoms with van der Waals surface area (Å²) in [7, 11) is 3.35. The van der Waals surface area contributed by atoms with Crippen molar-refractivity contribution in [3.8, 4) is 0 Å². The lowest BCUT2D eigenvalue weighted by Crippen LogP contribution is -2.21. The minimum atomic E-state index is -1.13. The van der Waals surface area contributed by atoms with Crippen LogP contribution in [0.15, 0.2) is 24.7 Å². The predicted molar refractivity (Wildman–Crippen MR) is 102 cm³/mol. The molecular formula is C17H20N8O4. The van der Waals surface area contributed by atoms with Gasteiger partial charge in [-0.05, 0) is 13.0 Å². The molecule has 0 saturated heterocycles. The molecule has 0 aliphatic rings. The maximum Gasteiger partial charge on any atom is 0.354 e. The standard InChI is InChI=1S/C17H20N8O4/c1-10-11(8-19-23(10)2)22-16(27)15-12(9-20-24(15)3)21-14(26)5-7-25-13(17(28)29)4-6-18-25/h4,6,8-9H,5,7H2,1-3H3,(H,21,26)(H,22,27)(H,28,29). The van der Waals surface area contributed by atoms with Crippen molar-refractivity contribution in [2.24, 2.45) is 14.1 Å². The molecule has 12 heteroatoms. The molecule has 152 valence electrons. The Kier molecular flexibility index (Phi) is 5.43. The number of rotatable bonds is 7. The van der Waals surface area contributed by atoms with Crippen molar-refractivity contribution in [1.82, 2.24) is 29.3 Å². The van der Waals surface area contributed by atoms with Crippen molar-refractivity contribution < 1.29 is 19.5 Å². The molecule has 2 amide bonds. The van der Waals surface area contributed by atoms with Gasteiger partial charge in [0.2, 0.25) is 5.91 Å². The summed E-state index contributed by atoms with van der Waals surface area (Å²) in [5, 5.41) is 26.5. The largest absolute Gasteiger partial charge is 0.477 e. The van der Waals surface area contributed by atoms with Gasteiger partial charge >= 0.3 is 5.97 Å². The highest BCUT2D eigenvalue weighted by Crippen LogP contribution is 2.19. The molecule has 29 heavy (non-hydrogen) atoms. The fraction of sp³-hybridized carbons (Fsp3) is 0.294. The van der Waals surface area contributed by atoms with E-state index in [1.54, 1.807) is 18.8 Å². The van der Waals surface area contributed by atoms with Crippen molar-refractivity contribution in [3.05, 3.63) is 41.7 Å². The van der Waals surface area contributed by atoms with Gasteiger partial charge in [0, 0.05) is 26.7 Å². The Morgan fingerprint density at radius 3 is 2.38 bits per heavy atom. The van der Waals surface area contributed by atoms with E-state index in [1.807, 2.05) is 6.92 Å². The van der Waals surface area contributed by atoms with Crippen LogP contribution in [0.1, 0.15) is 33.1 Å². The van der Waals surface area contributed by atoms with Crippen LogP contribution in [-0.4, -0.2) is 52.2 Å². The zero-order valence-electron chi connectivity index (χ0n) is 16.1. The zero-order chi connectivity index (χ0) is 21.1. The van der Waals surface area contributed by atoms with Gasteiger partial charge in [0.15, 0.2) is 0 Å². The van der Waals surface area contributed by atoms with Crippen molar-refractivity contribution in [1.29, 1.82) is 0 Å². The number of carboxylic acid groups (broad SMARTS) is 1. The van der Waals surface area contributed by atoms with Crippen molar-refractivity contribution in [3.63, 3.8) is 0 Å². The second-order valence-electron chi connectivity index (χ2n) is 6.29. The van der Waals surface area contributed by atoms with E-state index in [9.17, 15) is 14.4 Å². The van der Waals surface area contributed by atoms with Crippen LogP contribution in [0.25, 0.3) is 0 Å². The Morgan fingerprint density at radius 2 is 1.72 bits per heavy atom. The van der Waals surface area contributed by atoms with E-state index < -0.39 is 17.8 Å². The lowest BCUT2D eigenvalue weighted by atomic mass is 10.3. The number of hydrogen-bond acceptors (Lipinski definition) is 6. The molecule has 0 aromatic carbocycles. The topological polar surface area (TPSA) is 149 Å². The van der Waals surface area contributed by atoms with Crippen LogP contribution in [0.3, 0.4) is 0 Å². The average Bonchev–Trinajstić information content (AvgIpc) is 3.36. The number of amides is 2. The van der Waals surface area contributed by atoms with Gasteiger partial charge in [0.1, 0.15) is 11.4 Å². The van der Waals surface area contributed by atoms with E-state index >= 15 is 0 Å². The Labute approximate surface area is 165 Å². The Morgan fingerprint density at radius 1 is 1.03 bits per heavy atom. The summed E-state index contributed by atoms with van der Waals surface area (Å²) in [6.45, 7) is 1.90. The third-order valence-corrected chi connectivity index (χ3v) is 4.40. The molecule has 0 fully saturated rings. The lowest BCUT2D eigenvalue weighted by Gasteiger charge is -2.09. The Balaban J connectivity index is 1.68. The van der Waals surface area contributed by atoms with E-state index in [0.29, 0.717) is 5.69 Å². The molecule has 3 rings (SSSR count).